The van der Waals surface area contributed by atoms with Gasteiger partial charge in [0.05, 0.1) is 22.8 Å². The molecule has 1 saturated carbocycles. The van der Waals surface area contributed by atoms with Gasteiger partial charge in [-0.3, -0.25) is 14.6 Å². The fourth-order valence-corrected chi connectivity index (χ4v) is 4.77. The van der Waals surface area contributed by atoms with Crippen LogP contribution in [0.2, 0.25) is 0 Å². The number of benzene rings is 1. The molecule has 3 aliphatic rings. The lowest BCUT2D eigenvalue weighted by atomic mass is 9.91. The molecule has 5 rings (SSSR count). The molecule has 0 spiro atoms. The number of rotatable bonds is 3. The summed E-state index contributed by atoms with van der Waals surface area (Å²) in [6, 6.07) is 10.4. The van der Waals surface area contributed by atoms with E-state index in [0.717, 1.165) is 48.8 Å². The number of anilines is 1. The summed E-state index contributed by atoms with van der Waals surface area (Å²) < 4.78 is 0. The summed E-state index contributed by atoms with van der Waals surface area (Å²) in [5.41, 5.74) is 8.87. The molecule has 0 unspecified atom stereocenters. The van der Waals surface area contributed by atoms with Crippen LogP contribution in [-0.4, -0.2) is 52.3 Å². The van der Waals surface area contributed by atoms with Crippen LogP contribution in [0.3, 0.4) is 0 Å². The third-order valence-electron chi connectivity index (χ3n) is 6.40. The Labute approximate surface area is 164 Å². The Morgan fingerprint density at radius 2 is 1.96 bits per heavy atom. The SMILES string of the molecule is Nc1cc2ccccc2nc1[C@H]1CCCN(C(=O)[C@H]2CC(=O)N(C3CC3)C2)C1. The van der Waals surface area contributed by atoms with Crippen molar-refractivity contribution in [3.8, 4) is 0 Å². The number of piperidine rings is 1. The Morgan fingerprint density at radius 3 is 2.79 bits per heavy atom. The van der Waals surface area contributed by atoms with Crippen molar-refractivity contribution >= 4 is 28.4 Å². The lowest BCUT2D eigenvalue weighted by Gasteiger charge is -2.34. The van der Waals surface area contributed by atoms with Crippen LogP contribution < -0.4 is 5.73 Å². The number of hydrogen-bond acceptors (Lipinski definition) is 4. The van der Waals surface area contributed by atoms with Crippen molar-refractivity contribution in [2.45, 2.75) is 44.1 Å². The molecule has 146 valence electrons. The van der Waals surface area contributed by atoms with E-state index in [1.165, 1.54) is 0 Å². The van der Waals surface area contributed by atoms with Crippen LogP contribution in [-0.2, 0) is 9.59 Å². The molecule has 3 fully saturated rings. The summed E-state index contributed by atoms with van der Waals surface area (Å²) in [5.74, 6) is 0.239. The molecular formula is C22H26N4O2. The van der Waals surface area contributed by atoms with Crippen LogP contribution in [0.1, 0.15) is 43.7 Å². The molecule has 2 N–H and O–H groups in total. The molecule has 2 saturated heterocycles. The molecule has 28 heavy (non-hydrogen) atoms. The van der Waals surface area contributed by atoms with E-state index in [1.807, 2.05) is 40.1 Å². The van der Waals surface area contributed by atoms with Gasteiger partial charge < -0.3 is 15.5 Å². The second-order valence-corrected chi connectivity index (χ2v) is 8.46. The first kappa shape index (κ1) is 17.5. The Kier molecular flexibility index (Phi) is 4.22. The summed E-state index contributed by atoms with van der Waals surface area (Å²) in [6.45, 7) is 2.00. The molecule has 6 heteroatoms. The van der Waals surface area contributed by atoms with Gasteiger partial charge in [-0.25, -0.2) is 0 Å². The Balaban J connectivity index is 1.33. The van der Waals surface area contributed by atoms with Crippen LogP contribution in [0.25, 0.3) is 10.9 Å². The van der Waals surface area contributed by atoms with E-state index in [0.29, 0.717) is 31.2 Å². The smallest absolute Gasteiger partial charge is 0.228 e. The zero-order valence-electron chi connectivity index (χ0n) is 16.0. The fourth-order valence-electron chi connectivity index (χ4n) is 4.77. The minimum Gasteiger partial charge on any atom is -0.397 e. The number of hydrogen-bond donors (Lipinski definition) is 1. The third-order valence-corrected chi connectivity index (χ3v) is 6.40. The van der Waals surface area contributed by atoms with Gasteiger partial charge in [-0.05, 0) is 37.8 Å². The third kappa shape index (κ3) is 3.11. The minimum atomic E-state index is -0.186. The van der Waals surface area contributed by atoms with E-state index in [1.54, 1.807) is 0 Å². The molecule has 2 atom stereocenters. The molecule has 2 aromatic rings. The van der Waals surface area contributed by atoms with Crippen molar-refractivity contribution in [1.82, 2.24) is 14.8 Å². The molecule has 3 heterocycles. The largest absolute Gasteiger partial charge is 0.397 e. The molecular weight excluding hydrogens is 352 g/mol. The van der Waals surface area contributed by atoms with Gasteiger partial charge >= 0.3 is 0 Å². The Morgan fingerprint density at radius 1 is 1.14 bits per heavy atom. The highest BCUT2D eigenvalue weighted by atomic mass is 16.2. The molecule has 1 aromatic carbocycles. The number of fused-ring (bicyclic) bond motifs is 1. The molecule has 2 aliphatic heterocycles. The van der Waals surface area contributed by atoms with E-state index >= 15 is 0 Å². The Hall–Kier alpha value is -2.63. The fraction of sp³-hybridized carbons (Fsp3) is 0.500. The van der Waals surface area contributed by atoms with Crippen molar-refractivity contribution in [2.75, 3.05) is 25.4 Å². The van der Waals surface area contributed by atoms with Gasteiger partial charge in [0.25, 0.3) is 0 Å². The zero-order chi connectivity index (χ0) is 19.3. The summed E-state index contributed by atoms with van der Waals surface area (Å²) in [7, 11) is 0. The standard InChI is InChI=1S/C22H26N4O2/c23-18-10-14-4-1-2-6-19(14)24-21(18)15-5-3-9-25(12-15)22(28)16-11-20(27)26(13-16)17-7-8-17/h1-2,4,6,10,15-17H,3,5,7-9,11-13,23H2/t15-,16-/m0/s1. The quantitative estimate of drug-likeness (QED) is 0.890. The first-order chi connectivity index (χ1) is 13.6. The van der Waals surface area contributed by atoms with Crippen LogP contribution in [0.5, 0.6) is 0 Å². The van der Waals surface area contributed by atoms with Crippen molar-refractivity contribution < 1.29 is 9.59 Å². The average molecular weight is 378 g/mol. The number of nitrogens with two attached hydrogens (primary N) is 1. The van der Waals surface area contributed by atoms with Crippen molar-refractivity contribution in [3.63, 3.8) is 0 Å². The van der Waals surface area contributed by atoms with Gasteiger partial charge in [0.15, 0.2) is 0 Å². The van der Waals surface area contributed by atoms with E-state index in [4.69, 9.17) is 10.7 Å². The van der Waals surface area contributed by atoms with E-state index in [2.05, 4.69) is 0 Å². The number of likely N-dealkylation sites (tertiary alicyclic amines) is 2. The highest BCUT2D eigenvalue weighted by Crippen LogP contribution is 2.35. The monoisotopic (exact) mass is 378 g/mol. The maximum Gasteiger partial charge on any atom is 0.228 e. The minimum absolute atomic E-state index is 0.126. The van der Waals surface area contributed by atoms with Gasteiger partial charge in [-0.15, -0.1) is 0 Å². The average Bonchev–Trinajstić information content (AvgIpc) is 3.48. The summed E-state index contributed by atoms with van der Waals surface area (Å²) in [5, 5.41) is 1.04. The topological polar surface area (TPSA) is 79.5 Å². The molecule has 6 nitrogen and oxygen atoms in total. The lowest BCUT2D eigenvalue weighted by molar-refractivity contribution is -0.137. The number of pyridine rings is 1. The van der Waals surface area contributed by atoms with Crippen LogP contribution in [0.4, 0.5) is 5.69 Å². The number of nitrogen functional groups attached to an aromatic ring is 1. The first-order valence-corrected chi connectivity index (χ1v) is 10.3. The number of nitrogens with zero attached hydrogens (tertiary/aromatic N) is 3. The predicted octanol–water partition coefficient (Wildman–Crippen LogP) is 2.53. The maximum absolute atomic E-state index is 13.1. The first-order valence-electron chi connectivity index (χ1n) is 10.3. The summed E-state index contributed by atoms with van der Waals surface area (Å²) in [6.07, 6.45) is 4.47. The van der Waals surface area contributed by atoms with Crippen LogP contribution >= 0.6 is 0 Å². The molecule has 1 aliphatic carbocycles. The lowest BCUT2D eigenvalue weighted by Crippen LogP contribution is -2.43. The van der Waals surface area contributed by atoms with Gasteiger partial charge in [-0.2, -0.15) is 0 Å². The van der Waals surface area contributed by atoms with E-state index in [9.17, 15) is 9.59 Å². The molecule has 0 bridgehead atoms. The summed E-state index contributed by atoms with van der Waals surface area (Å²) >= 11 is 0. The normalized spacial score (nSPS) is 25.5. The second-order valence-electron chi connectivity index (χ2n) is 8.46. The molecule has 1 aromatic heterocycles. The van der Waals surface area contributed by atoms with Gasteiger partial charge in [0, 0.05) is 43.4 Å². The highest BCUT2D eigenvalue weighted by Gasteiger charge is 2.43. The number of carbonyl (C=O) groups is 2. The number of aromatic nitrogens is 1. The van der Waals surface area contributed by atoms with E-state index in [-0.39, 0.29) is 23.7 Å². The maximum atomic E-state index is 13.1. The number of para-hydroxylation sites is 1. The second kappa shape index (κ2) is 6.76. The van der Waals surface area contributed by atoms with Gasteiger partial charge in [-0.1, -0.05) is 18.2 Å². The zero-order valence-corrected chi connectivity index (χ0v) is 16.0. The Bertz CT molecular complexity index is 939. The van der Waals surface area contributed by atoms with Crippen molar-refractivity contribution in [1.29, 1.82) is 0 Å². The summed E-state index contributed by atoms with van der Waals surface area (Å²) in [4.78, 5) is 34.0. The van der Waals surface area contributed by atoms with Gasteiger partial charge in [0.2, 0.25) is 11.8 Å². The highest BCUT2D eigenvalue weighted by molar-refractivity contribution is 5.89. The molecule has 0 radical (unpaired) electrons. The van der Waals surface area contributed by atoms with Crippen molar-refractivity contribution in [2.24, 2.45) is 5.92 Å². The predicted molar refractivity (Wildman–Crippen MR) is 108 cm³/mol. The van der Waals surface area contributed by atoms with Gasteiger partial charge in [0.1, 0.15) is 0 Å². The van der Waals surface area contributed by atoms with E-state index < -0.39 is 0 Å². The van der Waals surface area contributed by atoms with Crippen molar-refractivity contribution in [3.05, 3.63) is 36.0 Å². The van der Waals surface area contributed by atoms with Crippen LogP contribution in [0.15, 0.2) is 30.3 Å². The number of carbonyl (C=O) groups excluding carboxylic acids is 2. The van der Waals surface area contributed by atoms with Crippen LogP contribution in [0, 0.1) is 5.92 Å². The number of amides is 2. The molecule has 2 amide bonds.